The average Bonchev–Trinajstić information content (AvgIpc) is 2.47. The Morgan fingerprint density at radius 3 is 2.50 bits per heavy atom. The van der Waals surface area contributed by atoms with Crippen LogP contribution in [0.1, 0.15) is 37.7 Å². The zero-order valence-electron chi connectivity index (χ0n) is 12.0. The van der Waals surface area contributed by atoms with E-state index in [1.165, 1.54) is 12.1 Å². The van der Waals surface area contributed by atoms with Gasteiger partial charge in [-0.3, -0.25) is 0 Å². The minimum atomic E-state index is -4.45. The van der Waals surface area contributed by atoms with Crippen LogP contribution in [0.25, 0.3) is 0 Å². The molecule has 3 nitrogen and oxygen atoms in total. The van der Waals surface area contributed by atoms with Gasteiger partial charge in [0.25, 0.3) is 0 Å². The topological polar surface area (TPSA) is 41.1 Å². The summed E-state index contributed by atoms with van der Waals surface area (Å²) in [6, 6.07) is 3.91. The van der Waals surface area contributed by atoms with Crippen molar-refractivity contribution in [3.63, 3.8) is 0 Å². The van der Waals surface area contributed by atoms with Crippen molar-refractivity contribution in [1.82, 2.24) is 5.32 Å². The number of rotatable bonds is 2. The summed E-state index contributed by atoms with van der Waals surface area (Å²) in [5, 5.41) is 5.14. The number of carbonyl (C=O) groups is 1. The third-order valence-electron chi connectivity index (χ3n) is 3.78. The summed E-state index contributed by atoms with van der Waals surface area (Å²) < 4.78 is 37.9. The van der Waals surface area contributed by atoms with E-state index in [0.717, 1.165) is 31.4 Å². The van der Waals surface area contributed by atoms with Crippen molar-refractivity contribution in [3.8, 4) is 12.3 Å². The summed E-state index contributed by atoms with van der Waals surface area (Å²) in [7, 11) is 0. The first kappa shape index (κ1) is 16.2. The average molecular weight is 310 g/mol. The van der Waals surface area contributed by atoms with E-state index in [-0.39, 0.29) is 5.69 Å². The molecule has 118 valence electrons. The lowest BCUT2D eigenvalue weighted by molar-refractivity contribution is -0.137. The van der Waals surface area contributed by atoms with Crippen molar-refractivity contribution >= 4 is 11.7 Å². The summed E-state index contributed by atoms with van der Waals surface area (Å²) in [6.07, 6.45) is 5.35. The van der Waals surface area contributed by atoms with Gasteiger partial charge in [-0.1, -0.05) is 31.2 Å². The number of benzene rings is 1. The first-order valence-corrected chi connectivity index (χ1v) is 7.09. The molecule has 2 N–H and O–H groups in total. The maximum absolute atomic E-state index is 12.6. The van der Waals surface area contributed by atoms with Gasteiger partial charge in [-0.05, 0) is 31.0 Å². The summed E-state index contributed by atoms with van der Waals surface area (Å²) in [5.74, 6) is 2.62. The predicted molar refractivity (Wildman–Crippen MR) is 78.2 cm³/mol. The van der Waals surface area contributed by atoms with Crippen LogP contribution in [0.15, 0.2) is 24.3 Å². The first-order chi connectivity index (χ1) is 10.3. The number of urea groups is 1. The van der Waals surface area contributed by atoms with Gasteiger partial charge < -0.3 is 10.6 Å². The minimum Gasteiger partial charge on any atom is -0.322 e. The molecule has 0 radical (unpaired) electrons. The molecule has 1 fully saturated rings. The molecule has 0 heterocycles. The van der Waals surface area contributed by atoms with Gasteiger partial charge in [0.1, 0.15) is 5.54 Å². The van der Waals surface area contributed by atoms with E-state index in [0.29, 0.717) is 12.8 Å². The minimum absolute atomic E-state index is 0.0790. The zero-order valence-corrected chi connectivity index (χ0v) is 12.0. The molecule has 1 aromatic carbocycles. The second-order valence-electron chi connectivity index (χ2n) is 5.44. The number of hydrogen-bond donors (Lipinski definition) is 2. The molecule has 0 spiro atoms. The Balaban J connectivity index is 2.05. The number of hydrogen-bond acceptors (Lipinski definition) is 1. The molecule has 0 unspecified atom stereocenters. The molecule has 6 heteroatoms. The molecule has 1 aliphatic carbocycles. The van der Waals surface area contributed by atoms with Gasteiger partial charge in [0.2, 0.25) is 0 Å². The van der Waals surface area contributed by atoms with Crippen LogP contribution in [0.3, 0.4) is 0 Å². The van der Waals surface area contributed by atoms with Gasteiger partial charge in [0.05, 0.1) is 5.56 Å². The van der Waals surface area contributed by atoms with Crippen molar-refractivity contribution in [2.45, 2.75) is 43.8 Å². The number of alkyl halides is 3. The van der Waals surface area contributed by atoms with Crippen molar-refractivity contribution in [1.29, 1.82) is 0 Å². The third kappa shape index (κ3) is 3.94. The maximum Gasteiger partial charge on any atom is 0.416 e. The Labute approximate surface area is 127 Å². The zero-order chi connectivity index (χ0) is 16.2. The third-order valence-corrected chi connectivity index (χ3v) is 3.78. The fourth-order valence-electron chi connectivity index (χ4n) is 2.61. The number of halogens is 3. The second kappa shape index (κ2) is 6.30. The predicted octanol–water partition coefficient (Wildman–Crippen LogP) is 4.16. The second-order valence-corrected chi connectivity index (χ2v) is 5.44. The van der Waals surface area contributed by atoms with Crippen molar-refractivity contribution < 1.29 is 18.0 Å². The molecule has 0 aromatic heterocycles. The molecular formula is C16H17F3N2O. The van der Waals surface area contributed by atoms with Crippen LogP contribution < -0.4 is 10.6 Å². The highest BCUT2D eigenvalue weighted by Gasteiger charge is 2.32. The highest BCUT2D eigenvalue weighted by molar-refractivity contribution is 5.90. The quantitative estimate of drug-likeness (QED) is 0.791. The summed E-state index contributed by atoms with van der Waals surface area (Å²) in [4.78, 5) is 12.0. The number of amides is 2. The van der Waals surface area contributed by atoms with E-state index in [1.807, 2.05) is 0 Å². The molecule has 1 aliphatic rings. The smallest absolute Gasteiger partial charge is 0.322 e. The Morgan fingerprint density at radius 1 is 1.23 bits per heavy atom. The van der Waals surface area contributed by atoms with Gasteiger partial charge in [-0.15, -0.1) is 6.42 Å². The van der Waals surface area contributed by atoms with Gasteiger partial charge in [-0.2, -0.15) is 13.2 Å². The lowest BCUT2D eigenvalue weighted by Gasteiger charge is -2.33. The molecule has 22 heavy (non-hydrogen) atoms. The summed E-state index contributed by atoms with van der Waals surface area (Å²) in [5.41, 5.74) is -1.44. The number of anilines is 1. The molecule has 1 saturated carbocycles. The van der Waals surface area contributed by atoms with Gasteiger partial charge in [-0.25, -0.2) is 4.79 Å². The van der Waals surface area contributed by atoms with Crippen LogP contribution in [0.4, 0.5) is 23.7 Å². The van der Waals surface area contributed by atoms with Crippen LogP contribution in [0, 0.1) is 12.3 Å². The lowest BCUT2D eigenvalue weighted by Crippen LogP contribution is -2.50. The molecule has 0 saturated heterocycles. The maximum atomic E-state index is 12.6. The van der Waals surface area contributed by atoms with Gasteiger partial charge in [0.15, 0.2) is 0 Å². The van der Waals surface area contributed by atoms with E-state index >= 15 is 0 Å². The van der Waals surface area contributed by atoms with Crippen LogP contribution in [-0.2, 0) is 6.18 Å². The fourth-order valence-corrected chi connectivity index (χ4v) is 2.61. The number of terminal acetylenes is 1. The van der Waals surface area contributed by atoms with Gasteiger partial charge in [0, 0.05) is 5.69 Å². The van der Waals surface area contributed by atoms with Crippen LogP contribution >= 0.6 is 0 Å². The highest BCUT2D eigenvalue weighted by atomic mass is 19.4. The van der Waals surface area contributed by atoms with Crippen LogP contribution in [0.5, 0.6) is 0 Å². The molecule has 1 aromatic rings. The van der Waals surface area contributed by atoms with E-state index in [2.05, 4.69) is 16.6 Å². The molecule has 0 bridgehead atoms. The van der Waals surface area contributed by atoms with E-state index in [1.54, 1.807) is 0 Å². The fraction of sp³-hybridized carbons (Fsp3) is 0.438. The molecule has 0 aliphatic heterocycles. The Bertz CT molecular complexity index is 584. The summed E-state index contributed by atoms with van der Waals surface area (Å²) >= 11 is 0. The van der Waals surface area contributed by atoms with E-state index < -0.39 is 23.3 Å². The van der Waals surface area contributed by atoms with Gasteiger partial charge >= 0.3 is 12.2 Å². The molecular weight excluding hydrogens is 293 g/mol. The lowest BCUT2D eigenvalue weighted by atomic mass is 9.82. The largest absolute Gasteiger partial charge is 0.416 e. The molecule has 0 atom stereocenters. The standard InChI is InChI=1S/C16H17F3N2O/c1-2-15(9-4-3-5-10-15)21-14(22)20-13-8-6-7-12(11-13)16(17,18)19/h1,6-8,11H,3-5,9-10H2,(H2,20,21,22). The number of nitrogens with one attached hydrogen (secondary N) is 2. The van der Waals surface area contributed by atoms with E-state index in [4.69, 9.17) is 6.42 Å². The molecule has 2 rings (SSSR count). The Hall–Kier alpha value is -2.16. The van der Waals surface area contributed by atoms with E-state index in [9.17, 15) is 18.0 Å². The van der Waals surface area contributed by atoms with Crippen molar-refractivity contribution in [2.24, 2.45) is 0 Å². The summed E-state index contributed by atoms with van der Waals surface area (Å²) in [6.45, 7) is 0. The van der Waals surface area contributed by atoms with Crippen molar-refractivity contribution in [2.75, 3.05) is 5.32 Å². The Kier molecular flexibility index (Phi) is 4.65. The van der Waals surface area contributed by atoms with Crippen molar-refractivity contribution in [3.05, 3.63) is 29.8 Å². The number of carbonyl (C=O) groups excluding carboxylic acids is 1. The normalized spacial score (nSPS) is 17.4. The van der Waals surface area contributed by atoms with Crippen LogP contribution in [-0.4, -0.2) is 11.6 Å². The first-order valence-electron chi connectivity index (χ1n) is 7.09. The SMILES string of the molecule is C#CC1(NC(=O)Nc2cccc(C(F)(F)F)c2)CCCCC1. The highest BCUT2D eigenvalue weighted by Crippen LogP contribution is 2.31. The monoisotopic (exact) mass is 310 g/mol. The Morgan fingerprint density at radius 2 is 1.91 bits per heavy atom. The van der Waals surface area contributed by atoms with Crippen LogP contribution in [0.2, 0.25) is 0 Å². The molecule has 2 amide bonds.